The van der Waals surface area contributed by atoms with Gasteiger partial charge in [-0.25, -0.2) is 4.98 Å². The zero-order valence-corrected chi connectivity index (χ0v) is 7.67. The lowest BCUT2D eigenvalue weighted by Gasteiger charge is -2.25. The van der Waals surface area contributed by atoms with Crippen LogP contribution < -0.4 is 10.3 Å². The average Bonchev–Trinajstić information content (AvgIpc) is 2.04. The van der Waals surface area contributed by atoms with Crippen LogP contribution in [0.4, 0.5) is 0 Å². The number of ether oxygens (including phenoxy) is 1. The largest absolute Gasteiger partial charge is 0.473 e. The highest BCUT2D eigenvalue weighted by atomic mass is 35.5. The van der Waals surface area contributed by atoms with Gasteiger partial charge in [-0.05, 0) is 19.3 Å². The van der Waals surface area contributed by atoms with Gasteiger partial charge in [0.15, 0.2) is 5.02 Å². The highest BCUT2D eigenvalue weighted by Gasteiger charge is 2.21. The molecule has 0 aromatic carbocycles. The molecule has 4 nitrogen and oxygen atoms in total. The summed E-state index contributed by atoms with van der Waals surface area (Å²) in [4.78, 5) is 17.2. The molecule has 0 bridgehead atoms. The van der Waals surface area contributed by atoms with E-state index in [-0.39, 0.29) is 22.6 Å². The number of nitrogens with one attached hydrogen (secondary N) is 1. The Bertz CT molecular complexity index is 359. The first-order valence-electron chi connectivity index (χ1n) is 4.17. The molecule has 1 aliphatic rings. The molecule has 0 unspecified atom stereocenters. The van der Waals surface area contributed by atoms with E-state index in [0.29, 0.717) is 0 Å². The number of rotatable bonds is 2. The standard InChI is InChI=1S/C8H9ClN2O2/c9-6-7(12)10-4-11-8(6)13-5-2-1-3-5/h4-5H,1-3H2,(H,10,11,12). The average molecular weight is 201 g/mol. The van der Waals surface area contributed by atoms with Crippen LogP contribution in [0.5, 0.6) is 5.88 Å². The number of aromatic amines is 1. The molecule has 70 valence electrons. The predicted molar refractivity (Wildman–Crippen MR) is 48.1 cm³/mol. The first-order valence-corrected chi connectivity index (χ1v) is 4.55. The van der Waals surface area contributed by atoms with E-state index in [4.69, 9.17) is 16.3 Å². The summed E-state index contributed by atoms with van der Waals surface area (Å²) in [7, 11) is 0. The second kappa shape index (κ2) is 3.38. The molecular weight excluding hydrogens is 192 g/mol. The maximum atomic E-state index is 11.0. The summed E-state index contributed by atoms with van der Waals surface area (Å²) < 4.78 is 5.40. The molecule has 0 spiro atoms. The fourth-order valence-electron chi connectivity index (χ4n) is 1.10. The van der Waals surface area contributed by atoms with Crippen LogP contribution in [0, 0.1) is 0 Å². The molecule has 2 rings (SSSR count). The molecule has 1 saturated carbocycles. The van der Waals surface area contributed by atoms with Crippen molar-refractivity contribution in [2.45, 2.75) is 25.4 Å². The summed E-state index contributed by atoms with van der Waals surface area (Å²) in [5.41, 5.74) is -0.356. The van der Waals surface area contributed by atoms with Gasteiger partial charge in [0.25, 0.3) is 5.56 Å². The third kappa shape index (κ3) is 1.67. The van der Waals surface area contributed by atoms with Crippen molar-refractivity contribution >= 4 is 11.6 Å². The Morgan fingerprint density at radius 1 is 1.62 bits per heavy atom. The van der Waals surface area contributed by atoms with Crippen LogP contribution >= 0.6 is 11.6 Å². The number of aromatic nitrogens is 2. The maximum absolute atomic E-state index is 11.0. The molecule has 1 aromatic rings. The molecule has 0 atom stereocenters. The van der Waals surface area contributed by atoms with E-state index in [9.17, 15) is 4.79 Å². The molecule has 13 heavy (non-hydrogen) atoms. The fraction of sp³-hybridized carbons (Fsp3) is 0.500. The molecule has 0 amide bonds. The van der Waals surface area contributed by atoms with Crippen molar-refractivity contribution in [3.63, 3.8) is 0 Å². The Kier molecular flexibility index (Phi) is 2.22. The maximum Gasteiger partial charge on any atom is 0.273 e. The zero-order chi connectivity index (χ0) is 9.26. The summed E-state index contributed by atoms with van der Waals surface area (Å²) in [5, 5.41) is 0.0365. The highest BCUT2D eigenvalue weighted by Crippen LogP contribution is 2.26. The quantitative estimate of drug-likeness (QED) is 0.784. The first-order chi connectivity index (χ1) is 6.27. The lowest BCUT2D eigenvalue weighted by molar-refractivity contribution is 0.114. The van der Waals surface area contributed by atoms with E-state index in [0.717, 1.165) is 12.8 Å². The molecule has 1 fully saturated rings. The van der Waals surface area contributed by atoms with Crippen LogP contribution in [-0.4, -0.2) is 16.1 Å². The van der Waals surface area contributed by atoms with Crippen LogP contribution in [0.2, 0.25) is 5.02 Å². The van der Waals surface area contributed by atoms with E-state index in [1.54, 1.807) is 0 Å². The predicted octanol–water partition coefficient (Wildman–Crippen LogP) is 1.35. The van der Waals surface area contributed by atoms with Gasteiger partial charge in [-0.15, -0.1) is 0 Å². The van der Waals surface area contributed by atoms with Crippen molar-refractivity contribution in [2.24, 2.45) is 0 Å². The van der Waals surface area contributed by atoms with E-state index in [1.165, 1.54) is 12.7 Å². The summed E-state index contributed by atoms with van der Waals surface area (Å²) >= 11 is 5.69. The van der Waals surface area contributed by atoms with Crippen molar-refractivity contribution in [1.29, 1.82) is 0 Å². The number of halogens is 1. The molecule has 1 aromatic heterocycles. The van der Waals surface area contributed by atoms with Crippen LogP contribution in [0.15, 0.2) is 11.1 Å². The van der Waals surface area contributed by atoms with Gasteiger partial charge in [0.1, 0.15) is 6.10 Å². The molecule has 0 aliphatic heterocycles. The van der Waals surface area contributed by atoms with Crippen molar-refractivity contribution in [3.05, 3.63) is 21.7 Å². The van der Waals surface area contributed by atoms with E-state index in [1.807, 2.05) is 0 Å². The third-order valence-corrected chi connectivity index (χ3v) is 2.43. The van der Waals surface area contributed by atoms with Gasteiger partial charge < -0.3 is 9.72 Å². The van der Waals surface area contributed by atoms with E-state index in [2.05, 4.69) is 9.97 Å². The SMILES string of the molecule is O=c1[nH]cnc(OC2CCC2)c1Cl. The number of H-pyrrole nitrogens is 1. The third-order valence-electron chi connectivity index (χ3n) is 2.10. The van der Waals surface area contributed by atoms with Crippen LogP contribution in [-0.2, 0) is 0 Å². The molecule has 0 saturated heterocycles. The molecule has 5 heteroatoms. The van der Waals surface area contributed by atoms with Crippen LogP contribution in [0.1, 0.15) is 19.3 Å². The second-order valence-electron chi connectivity index (χ2n) is 3.02. The van der Waals surface area contributed by atoms with Gasteiger partial charge in [0.2, 0.25) is 5.88 Å². The minimum absolute atomic E-state index is 0.0365. The molecule has 1 heterocycles. The normalized spacial score (nSPS) is 16.7. The number of hydrogen-bond donors (Lipinski definition) is 1. The molecular formula is C8H9ClN2O2. The molecule has 0 radical (unpaired) electrons. The van der Waals surface area contributed by atoms with E-state index >= 15 is 0 Å². The lowest BCUT2D eigenvalue weighted by atomic mass is 9.96. The summed E-state index contributed by atoms with van der Waals surface area (Å²) in [6.45, 7) is 0. The van der Waals surface area contributed by atoms with Gasteiger partial charge >= 0.3 is 0 Å². The van der Waals surface area contributed by atoms with Crippen molar-refractivity contribution in [3.8, 4) is 5.88 Å². The first kappa shape index (κ1) is 8.56. The topological polar surface area (TPSA) is 55.0 Å². The summed E-state index contributed by atoms with van der Waals surface area (Å²) in [6.07, 6.45) is 4.69. The minimum atomic E-state index is -0.356. The van der Waals surface area contributed by atoms with Crippen molar-refractivity contribution < 1.29 is 4.74 Å². The van der Waals surface area contributed by atoms with Crippen LogP contribution in [0.3, 0.4) is 0 Å². The minimum Gasteiger partial charge on any atom is -0.473 e. The van der Waals surface area contributed by atoms with Crippen LogP contribution in [0.25, 0.3) is 0 Å². The van der Waals surface area contributed by atoms with Gasteiger partial charge in [-0.2, -0.15) is 0 Å². The summed E-state index contributed by atoms with van der Waals surface area (Å²) in [6, 6.07) is 0. The van der Waals surface area contributed by atoms with Gasteiger partial charge in [-0.3, -0.25) is 4.79 Å². The molecule has 1 N–H and O–H groups in total. The van der Waals surface area contributed by atoms with Crippen molar-refractivity contribution in [1.82, 2.24) is 9.97 Å². The lowest BCUT2D eigenvalue weighted by Crippen LogP contribution is -2.26. The number of nitrogens with zero attached hydrogens (tertiary/aromatic N) is 1. The molecule has 1 aliphatic carbocycles. The van der Waals surface area contributed by atoms with E-state index < -0.39 is 0 Å². The Hall–Kier alpha value is -1.03. The highest BCUT2D eigenvalue weighted by molar-refractivity contribution is 6.31. The Morgan fingerprint density at radius 2 is 2.38 bits per heavy atom. The van der Waals surface area contributed by atoms with Gasteiger partial charge in [0.05, 0.1) is 6.33 Å². The Labute approximate surface area is 79.9 Å². The second-order valence-corrected chi connectivity index (χ2v) is 3.40. The smallest absolute Gasteiger partial charge is 0.273 e. The Morgan fingerprint density at radius 3 is 3.00 bits per heavy atom. The Balaban J connectivity index is 2.19. The number of hydrogen-bond acceptors (Lipinski definition) is 3. The monoisotopic (exact) mass is 200 g/mol. The van der Waals surface area contributed by atoms with Gasteiger partial charge in [-0.1, -0.05) is 11.6 Å². The fourth-order valence-corrected chi connectivity index (χ4v) is 1.24. The summed E-state index contributed by atoms with van der Waals surface area (Å²) in [5.74, 6) is 0.245. The van der Waals surface area contributed by atoms with Crippen molar-refractivity contribution in [2.75, 3.05) is 0 Å². The zero-order valence-electron chi connectivity index (χ0n) is 6.92. The van der Waals surface area contributed by atoms with Gasteiger partial charge in [0, 0.05) is 0 Å².